The smallest absolute Gasteiger partial charge is 0.244 e. The Bertz CT molecular complexity index is 1110. The van der Waals surface area contributed by atoms with Crippen LogP contribution in [0.1, 0.15) is 26.3 Å². The van der Waals surface area contributed by atoms with Gasteiger partial charge >= 0.3 is 0 Å². The summed E-state index contributed by atoms with van der Waals surface area (Å²) in [5, 5.41) is 2.97. The van der Waals surface area contributed by atoms with Crippen LogP contribution in [0.3, 0.4) is 0 Å². The van der Waals surface area contributed by atoms with Crippen LogP contribution in [-0.4, -0.2) is 50.0 Å². The summed E-state index contributed by atoms with van der Waals surface area (Å²) in [6.45, 7) is 4.80. The van der Waals surface area contributed by atoms with Gasteiger partial charge in [-0.1, -0.05) is 57.3 Å². The van der Waals surface area contributed by atoms with Gasteiger partial charge in [0.05, 0.1) is 22.0 Å². The van der Waals surface area contributed by atoms with Crippen molar-refractivity contribution in [1.82, 2.24) is 10.2 Å². The average molecular weight is 579 g/mol. The standard InChI is InChI=1S/C22H26BrCl2N3O4S/c1-14(2)26-22(30)15(3)27(12-16-8-10-17(23)11-9-16)20(29)13-28(33(4,31)32)19-7-5-6-18(24)21(19)25/h5-11,14-15H,12-13H2,1-4H3,(H,26,30). The van der Waals surface area contributed by atoms with Gasteiger partial charge in [-0.15, -0.1) is 0 Å². The summed E-state index contributed by atoms with van der Waals surface area (Å²) >= 11 is 15.7. The van der Waals surface area contributed by atoms with Crippen molar-refractivity contribution in [2.45, 2.75) is 39.4 Å². The second-order valence-corrected chi connectivity index (χ2v) is 11.4. The molecule has 7 nitrogen and oxygen atoms in total. The lowest BCUT2D eigenvalue weighted by atomic mass is 10.1. The number of nitrogens with zero attached hydrogens (tertiary/aromatic N) is 2. The van der Waals surface area contributed by atoms with Gasteiger partial charge in [0.25, 0.3) is 0 Å². The molecule has 1 unspecified atom stereocenters. The molecule has 2 rings (SSSR count). The number of hydrogen-bond donors (Lipinski definition) is 1. The Balaban J connectivity index is 2.43. The summed E-state index contributed by atoms with van der Waals surface area (Å²) in [7, 11) is -3.89. The van der Waals surface area contributed by atoms with Crippen LogP contribution in [0.25, 0.3) is 0 Å². The molecule has 180 valence electrons. The zero-order valence-electron chi connectivity index (χ0n) is 18.7. The topological polar surface area (TPSA) is 86.8 Å². The molecule has 2 aromatic rings. The number of nitrogens with one attached hydrogen (secondary N) is 1. The minimum Gasteiger partial charge on any atom is -0.352 e. The second-order valence-electron chi connectivity index (χ2n) is 7.83. The molecule has 1 atom stereocenters. The first kappa shape index (κ1) is 27.4. The average Bonchev–Trinajstić information content (AvgIpc) is 2.72. The SMILES string of the molecule is CC(C)NC(=O)C(C)N(Cc1ccc(Br)cc1)C(=O)CN(c1cccc(Cl)c1Cl)S(C)(=O)=O. The molecule has 33 heavy (non-hydrogen) atoms. The third-order valence-electron chi connectivity index (χ3n) is 4.74. The third-order valence-corrected chi connectivity index (χ3v) is 7.21. The lowest BCUT2D eigenvalue weighted by Gasteiger charge is -2.32. The van der Waals surface area contributed by atoms with Crippen LogP contribution in [-0.2, 0) is 26.2 Å². The van der Waals surface area contributed by atoms with E-state index in [0.717, 1.165) is 20.6 Å². The van der Waals surface area contributed by atoms with Crippen LogP contribution >= 0.6 is 39.1 Å². The summed E-state index contributed by atoms with van der Waals surface area (Å²) in [6, 6.07) is 10.9. The van der Waals surface area contributed by atoms with E-state index in [4.69, 9.17) is 23.2 Å². The van der Waals surface area contributed by atoms with Crippen molar-refractivity contribution in [1.29, 1.82) is 0 Å². The lowest BCUT2D eigenvalue weighted by Crippen LogP contribution is -2.52. The van der Waals surface area contributed by atoms with Gasteiger partial charge in [-0.05, 0) is 50.6 Å². The monoisotopic (exact) mass is 577 g/mol. The minimum absolute atomic E-state index is 0.0162. The van der Waals surface area contributed by atoms with E-state index in [1.165, 1.54) is 17.0 Å². The van der Waals surface area contributed by atoms with Crippen LogP contribution in [0, 0.1) is 0 Å². The third kappa shape index (κ3) is 7.60. The van der Waals surface area contributed by atoms with E-state index in [2.05, 4.69) is 21.2 Å². The fraction of sp³-hybridized carbons (Fsp3) is 0.364. The summed E-state index contributed by atoms with van der Waals surface area (Å²) < 4.78 is 26.9. The number of sulfonamides is 1. The van der Waals surface area contributed by atoms with Crippen LogP contribution in [0.15, 0.2) is 46.9 Å². The molecule has 0 saturated carbocycles. The first-order valence-corrected chi connectivity index (χ1v) is 13.5. The van der Waals surface area contributed by atoms with E-state index in [0.29, 0.717) is 0 Å². The van der Waals surface area contributed by atoms with Crippen LogP contribution in [0.4, 0.5) is 5.69 Å². The van der Waals surface area contributed by atoms with Crippen molar-refractivity contribution in [3.8, 4) is 0 Å². The molecular formula is C22H26BrCl2N3O4S. The fourth-order valence-electron chi connectivity index (χ4n) is 3.05. The van der Waals surface area contributed by atoms with Crippen molar-refractivity contribution in [2.24, 2.45) is 0 Å². The first-order valence-electron chi connectivity index (χ1n) is 10.1. The van der Waals surface area contributed by atoms with Gasteiger partial charge in [0.1, 0.15) is 12.6 Å². The maximum atomic E-state index is 13.4. The maximum Gasteiger partial charge on any atom is 0.244 e. The first-order chi connectivity index (χ1) is 15.3. The molecule has 0 bridgehead atoms. The summed E-state index contributed by atoms with van der Waals surface area (Å²) in [6.07, 6.45) is 0.978. The van der Waals surface area contributed by atoms with Gasteiger partial charge < -0.3 is 10.2 Å². The lowest BCUT2D eigenvalue weighted by molar-refractivity contribution is -0.139. The number of rotatable bonds is 9. The van der Waals surface area contributed by atoms with Crippen LogP contribution in [0.2, 0.25) is 10.0 Å². The maximum absolute atomic E-state index is 13.4. The number of amides is 2. The number of halogens is 3. The summed E-state index contributed by atoms with van der Waals surface area (Å²) in [5.41, 5.74) is 0.866. The van der Waals surface area contributed by atoms with Gasteiger partial charge in [-0.2, -0.15) is 0 Å². The van der Waals surface area contributed by atoms with E-state index in [9.17, 15) is 18.0 Å². The quantitative estimate of drug-likeness (QED) is 0.476. The Labute approximate surface area is 213 Å². The van der Waals surface area contributed by atoms with Gasteiger partial charge in [0.15, 0.2) is 0 Å². The molecule has 0 spiro atoms. The van der Waals surface area contributed by atoms with E-state index in [1.807, 2.05) is 38.1 Å². The highest BCUT2D eigenvalue weighted by atomic mass is 79.9. The second kappa shape index (κ2) is 11.6. The highest BCUT2D eigenvalue weighted by molar-refractivity contribution is 9.10. The van der Waals surface area contributed by atoms with E-state index < -0.39 is 28.5 Å². The van der Waals surface area contributed by atoms with Gasteiger partial charge in [0.2, 0.25) is 21.8 Å². The Morgan fingerprint density at radius 2 is 1.67 bits per heavy atom. The van der Waals surface area contributed by atoms with Crippen molar-refractivity contribution in [2.75, 3.05) is 17.1 Å². The zero-order valence-corrected chi connectivity index (χ0v) is 22.6. The molecule has 0 heterocycles. The molecule has 0 aliphatic carbocycles. The molecule has 2 amide bonds. The summed E-state index contributed by atoms with van der Waals surface area (Å²) in [4.78, 5) is 27.5. The molecule has 11 heteroatoms. The molecular weight excluding hydrogens is 553 g/mol. The van der Waals surface area contributed by atoms with Gasteiger partial charge in [-0.3, -0.25) is 13.9 Å². The van der Waals surface area contributed by atoms with E-state index in [-0.39, 0.29) is 34.2 Å². The van der Waals surface area contributed by atoms with E-state index >= 15 is 0 Å². The molecule has 0 radical (unpaired) electrons. The van der Waals surface area contributed by atoms with Crippen molar-refractivity contribution in [3.05, 3.63) is 62.5 Å². The molecule has 2 aromatic carbocycles. The van der Waals surface area contributed by atoms with Crippen LogP contribution < -0.4 is 9.62 Å². The van der Waals surface area contributed by atoms with Gasteiger partial charge in [-0.25, -0.2) is 8.42 Å². The number of carbonyl (C=O) groups is 2. The molecule has 0 saturated heterocycles. The predicted octanol–water partition coefficient (Wildman–Crippen LogP) is 4.46. The Morgan fingerprint density at radius 1 is 1.06 bits per heavy atom. The highest BCUT2D eigenvalue weighted by Crippen LogP contribution is 2.33. The van der Waals surface area contributed by atoms with Crippen molar-refractivity contribution in [3.63, 3.8) is 0 Å². The fourth-order valence-corrected chi connectivity index (χ4v) is 4.62. The molecule has 1 N–H and O–H groups in total. The van der Waals surface area contributed by atoms with Crippen LogP contribution in [0.5, 0.6) is 0 Å². The predicted molar refractivity (Wildman–Crippen MR) is 136 cm³/mol. The molecule has 0 fully saturated rings. The van der Waals surface area contributed by atoms with E-state index in [1.54, 1.807) is 13.0 Å². The zero-order chi connectivity index (χ0) is 24.9. The minimum atomic E-state index is -3.89. The molecule has 0 aliphatic rings. The van der Waals surface area contributed by atoms with Crippen molar-refractivity contribution >= 4 is 66.7 Å². The number of benzene rings is 2. The normalized spacial score (nSPS) is 12.4. The Hall–Kier alpha value is -1.81. The molecule has 0 aliphatic heterocycles. The van der Waals surface area contributed by atoms with Gasteiger partial charge in [0, 0.05) is 17.1 Å². The number of carbonyl (C=O) groups excluding carboxylic acids is 2. The number of anilines is 1. The Morgan fingerprint density at radius 3 is 2.21 bits per heavy atom. The summed E-state index contributed by atoms with van der Waals surface area (Å²) in [5.74, 6) is -0.909. The number of hydrogen-bond acceptors (Lipinski definition) is 4. The highest BCUT2D eigenvalue weighted by Gasteiger charge is 2.31. The largest absolute Gasteiger partial charge is 0.352 e. The Kier molecular flexibility index (Phi) is 9.60. The molecule has 0 aromatic heterocycles. The van der Waals surface area contributed by atoms with Crippen molar-refractivity contribution < 1.29 is 18.0 Å².